The van der Waals surface area contributed by atoms with Crippen LogP contribution in [0.3, 0.4) is 0 Å². The molecule has 1 fully saturated rings. The molecule has 0 spiro atoms. The quantitative estimate of drug-likeness (QED) is 0.715. The third-order valence-electron chi connectivity index (χ3n) is 2.67. The van der Waals surface area contributed by atoms with E-state index in [0.29, 0.717) is 13.0 Å². The van der Waals surface area contributed by atoms with E-state index in [1.807, 2.05) is 0 Å². The maximum Gasteiger partial charge on any atom is 0.321 e. The molecule has 0 aromatic heterocycles. The number of ether oxygens (including phenoxy) is 1. The number of rotatable bonds is 6. The molecule has 0 bridgehead atoms. The molecule has 6 nitrogen and oxygen atoms in total. The van der Waals surface area contributed by atoms with Crippen molar-refractivity contribution in [2.75, 3.05) is 12.4 Å². The van der Waals surface area contributed by atoms with Gasteiger partial charge in [-0.2, -0.15) is 0 Å². The van der Waals surface area contributed by atoms with Crippen molar-refractivity contribution in [3.63, 3.8) is 0 Å². The van der Waals surface area contributed by atoms with Crippen LogP contribution in [0.5, 0.6) is 0 Å². The third kappa shape index (κ3) is 4.61. The summed E-state index contributed by atoms with van der Waals surface area (Å²) in [4.78, 5) is 10.9. The Balaban J connectivity index is 2.60. The standard InChI is InChI=1S/C10H19NO5S/c1-7(2)9(10(12)13)11-17(14,15)6-8-4-3-5-16-8/h7-9,11H,3-6H2,1-2H3,(H,12,13)/t8?,9-/m0/s1. The lowest BCUT2D eigenvalue weighted by atomic mass is 10.1. The largest absolute Gasteiger partial charge is 0.480 e. The molecule has 0 saturated carbocycles. The highest BCUT2D eigenvalue weighted by atomic mass is 32.2. The molecule has 0 amide bonds. The molecule has 17 heavy (non-hydrogen) atoms. The lowest BCUT2D eigenvalue weighted by Crippen LogP contribution is -2.46. The van der Waals surface area contributed by atoms with Gasteiger partial charge in [0.2, 0.25) is 10.0 Å². The first-order valence-electron chi connectivity index (χ1n) is 5.66. The highest BCUT2D eigenvalue weighted by Gasteiger charge is 2.30. The highest BCUT2D eigenvalue weighted by Crippen LogP contribution is 2.14. The summed E-state index contributed by atoms with van der Waals surface area (Å²) in [5.41, 5.74) is 0. The number of nitrogens with one attached hydrogen (secondary N) is 1. The van der Waals surface area contributed by atoms with Crippen LogP contribution in [0, 0.1) is 5.92 Å². The van der Waals surface area contributed by atoms with E-state index in [2.05, 4.69) is 4.72 Å². The summed E-state index contributed by atoms with van der Waals surface area (Å²) in [5.74, 6) is -1.62. The lowest BCUT2D eigenvalue weighted by Gasteiger charge is -2.19. The lowest BCUT2D eigenvalue weighted by molar-refractivity contribution is -0.140. The Hall–Kier alpha value is -0.660. The van der Waals surface area contributed by atoms with Gasteiger partial charge in [0.05, 0.1) is 11.9 Å². The van der Waals surface area contributed by atoms with Crippen molar-refractivity contribution >= 4 is 16.0 Å². The smallest absolute Gasteiger partial charge is 0.321 e. The first-order chi connectivity index (χ1) is 7.82. The van der Waals surface area contributed by atoms with Crippen LogP contribution in [0.4, 0.5) is 0 Å². The van der Waals surface area contributed by atoms with Crippen LogP contribution in [0.25, 0.3) is 0 Å². The fourth-order valence-electron chi connectivity index (χ4n) is 1.73. The Morgan fingerprint density at radius 3 is 2.59 bits per heavy atom. The normalized spacial score (nSPS) is 22.9. The van der Waals surface area contributed by atoms with Crippen LogP contribution in [-0.2, 0) is 19.6 Å². The number of hydrogen-bond donors (Lipinski definition) is 2. The fourth-order valence-corrected chi connectivity index (χ4v) is 3.34. The van der Waals surface area contributed by atoms with Gasteiger partial charge in [-0.25, -0.2) is 13.1 Å². The van der Waals surface area contributed by atoms with Gasteiger partial charge in [-0.05, 0) is 18.8 Å². The second-order valence-electron chi connectivity index (χ2n) is 4.59. The molecule has 1 rings (SSSR count). The van der Waals surface area contributed by atoms with Gasteiger partial charge in [0.1, 0.15) is 6.04 Å². The van der Waals surface area contributed by atoms with Gasteiger partial charge < -0.3 is 9.84 Å². The predicted molar refractivity (Wildman–Crippen MR) is 62.2 cm³/mol. The number of aliphatic carboxylic acids is 1. The molecule has 1 aliphatic rings. The zero-order valence-corrected chi connectivity index (χ0v) is 10.9. The molecule has 0 aromatic rings. The molecule has 0 aromatic carbocycles. The number of hydrogen-bond acceptors (Lipinski definition) is 4. The molecule has 1 aliphatic heterocycles. The molecular formula is C10H19NO5S. The van der Waals surface area contributed by atoms with E-state index in [0.717, 1.165) is 6.42 Å². The van der Waals surface area contributed by atoms with Gasteiger partial charge in [-0.3, -0.25) is 4.79 Å². The molecule has 2 atom stereocenters. The Morgan fingerprint density at radius 1 is 1.53 bits per heavy atom. The maximum atomic E-state index is 11.8. The van der Waals surface area contributed by atoms with Crippen LogP contribution < -0.4 is 4.72 Å². The minimum atomic E-state index is -3.61. The molecule has 1 unspecified atom stereocenters. The summed E-state index contributed by atoms with van der Waals surface area (Å²) >= 11 is 0. The van der Waals surface area contributed by atoms with Crippen LogP contribution in [0.15, 0.2) is 0 Å². The van der Waals surface area contributed by atoms with Gasteiger partial charge in [0.25, 0.3) is 0 Å². The van der Waals surface area contributed by atoms with Crippen molar-refractivity contribution in [1.29, 1.82) is 0 Å². The van der Waals surface area contributed by atoms with E-state index in [1.54, 1.807) is 13.8 Å². The first-order valence-corrected chi connectivity index (χ1v) is 7.31. The summed E-state index contributed by atoms with van der Waals surface area (Å²) in [7, 11) is -3.61. The Kier molecular flexibility index (Phi) is 4.91. The van der Waals surface area contributed by atoms with E-state index in [1.165, 1.54) is 0 Å². The van der Waals surface area contributed by atoms with Crippen molar-refractivity contribution in [2.45, 2.75) is 38.8 Å². The molecular weight excluding hydrogens is 246 g/mol. The van der Waals surface area contributed by atoms with Gasteiger partial charge >= 0.3 is 5.97 Å². The summed E-state index contributed by atoms with van der Waals surface area (Å²) in [6.07, 6.45) is 1.25. The molecule has 7 heteroatoms. The number of carboxylic acid groups (broad SMARTS) is 1. The van der Waals surface area contributed by atoms with E-state index in [9.17, 15) is 13.2 Å². The average Bonchev–Trinajstić information content (AvgIpc) is 2.65. The van der Waals surface area contributed by atoms with E-state index >= 15 is 0 Å². The van der Waals surface area contributed by atoms with E-state index in [4.69, 9.17) is 9.84 Å². The third-order valence-corrected chi connectivity index (χ3v) is 4.09. The number of carboxylic acids is 1. The molecule has 1 heterocycles. The van der Waals surface area contributed by atoms with Crippen LogP contribution in [-0.4, -0.2) is 44.0 Å². The average molecular weight is 265 g/mol. The molecule has 1 saturated heterocycles. The number of carbonyl (C=O) groups is 1. The fraction of sp³-hybridized carbons (Fsp3) is 0.900. The second-order valence-corrected chi connectivity index (χ2v) is 6.39. The van der Waals surface area contributed by atoms with Gasteiger partial charge in [-0.1, -0.05) is 13.8 Å². The Labute approximate surface area is 101 Å². The summed E-state index contributed by atoms with van der Waals surface area (Å²) in [6.45, 7) is 3.90. The predicted octanol–water partition coefficient (Wildman–Crippen LogP) is 0.194. The summed E-state index contributed by atoms with van der Waals surface area (Å²) in [5, 5.41) is 8.91. The van der Waals surface area contributed by atoms with Crippen molar-refractivity contribution in [3.8, 4) is 0 Å². The highest BCUT2D eigenvalue weighted by molar-refractivity contribution is 7.89. The SMILES string of the molecule is CC(C)[C@H](NS(=O)(=O)CC1CCCO1)C(=O)O. The van der Waals surface area contributed by atoms with Gasteiger partial charge in [-0.15, -0.1) is 0 Å². The zero-order valence-electron chi connectivity index (χ0n) is 10.0. The maximum absolute atomic E-state index is 11.8. The monoisotopic (exact) mass is 265 g/mol. The van der Waals surface area contributed by atoms with Crippen molar-refractivity contribution < 1.29 is 23.1 Å². The van der Waals surface area contributed by atoms with Crippen LogP contribution in [0.2, 0.25) is 0 Å². The first kappa shape index (κ1) is 14.4. The van der Waals surface area contributed by atoms with Crippen molar-refractivity contribution in [1.82, 2.24) is 4.72 Å². The topological polar surface area (TPSA) is 92.7 Å². The molecule has 0 aliphatic carbocycles. The van der Waals surface area contributed by atoms with Gasteiger partial charge in [0.15, 0.2) is 0 Å². The summed E-state index contributed by atoms with van der Waals surface area (Å²) < 4.78 is 30.9. The molecule has 100 valence electrons. The second kappa shape index (κ2) is 5.79. The van der Waals surface area contributed by atoms with Gasteiger partial charge in [0, 0.05) is 6.61 Å². The number of sulfonamides is 1. The van der Waals surface area contributed by atoms with Crippen molar-refractivity contribution in [3.05, 3.63) is 0 Å². The minimum Gasteiger partial charge on any atom is -0.480 e. The molecule has 0 radical (unpaired) electrons. The van der Waals surface area contributed by atoms with Crippen LogP contribution >= 0.6 is 0 Å². The summed E-state index contributed by atoms with van der Waals surface area (Å²) in [6, 6.07) is -1.08. The zero-order chi connectivity index (χ0) is 13.1. The van der Waals surface area contributed by atoms with E-state index in [-0.39, 0.29) is 17.8 Å². The Morgan fingerprint density at radius 2 is 2.18 bits per heavy atom. The van der Waals surface area contributed by atoms with E-state index < -0.39 is 22.0 Å². The Bertz CT molecular complexity index is 359. The van der Waals surface area contributed by atoms with Crippen LogP contribution in [0.1, 0.15) is 26.7 Å². The minimum absolute atomic E-state index is 0.163. The molecule has 2 N–H and O–H groups in total. The van der Waals surface area contributed by atoms with Crippen molar-refractivity contribution in [2.24, 2.45) is 5.92 Å².